The Hall–Kier alpha value is -2.41. The maximum atomic E-state index is 11.8. The molecule has 0 fully saturated rings. The van der Waals surface area contributed by atoms with Gasteiger partial charge in [0.25, 0.3) is 0 Å². The quantitative estimate of drug-likeness (QED) is 0.711. The Balaban J connectivity index is 1.76. The van der Waals surface area contributed by atoms with Gasteiger partial charge in [0.15, 0.2) is 5.13 Å². The molecular formula is C12H11N5OS. The van der Waals surface area contributed by atoms with E-state index in [9.17, 15) is 4.79 Å². The molecule has 1 amide bonds. The van der Waals surface area contributed by atoms with Crippen LogP contribution in [0.1, 0.15) is 0 Å². The van der Waals surface area contributed by atoms with Gasteiger partial charge in [-0.1, -0.05) is 11.3 Å². The third-order valence-electron chi connectivity index (χ3n) is 2.52. The van der Waals surface area contributed by atoms with E-state index in [1.54, 1.807) is 29.2 Å². The van der Waals surface area contributed by atoms with E-state index >= 15 is 0 Å². The lowest BCUT2D eigenvalue weighted by molar-refractivity contribution is -0.116. The topological polar surface area (TPSA) is 85.8 Å². The van der Waals surface area contributed by atoms with Crippen molar-refractivity contribution in [3.05, 3.63) is 36.7 Å². The van der Waals surface area contributed by atoms with Crippen molar-refractivity contribution < 1.29 is 4.79 Å². The number of nitrogen functional groups attached to an aromatic ring is 1. The predicted molar refractivity (Wildman–Crippen MR) is 74.9 cm³/mol. The minimum atomic E-state index is -0.157. The number of nitrogens with one attached hydrogen (secondary N) is 1. The zero-order valence-corrected chi connectivity index (χ0v) is 10.7. The molecule has 1 aromatic carbocycles. The van der Waals surface area contributed by atoms with Crippen molar-refractivity contribution in [3.8, 4) is 0 Å². The fourth-order valence-corrected chi connectivity index (χ4v) is 2.63. The highest BCUT2D eigenvalue weighted by Crippen LogP contribution is 2.27. The number of anilines is 2. The smallest absolute Gasteiger partial charge is 0.247 e. The summed E-state index contributed by atoms with van der Waals surface area (Å²) in [5.74, 6) is -0.157. The number of hydrogen-bond donors (Lipinski definition) is 2. The molecule has 3 aromatic rings. The van der Waals surface area contributed by atoms with E-state index in [-0.39, 0.29) is 12.5 Å². The second-order valence-corrected chi connectivity index (χ2v) is 5.03. The summed E-state index contributed by atoms with van der Waals surface area (Å²) in [5.41, 5.74) is 7.22. The van der Waals surface area contributed by atoms with Gasteiger partial charge in [-0.3, -0.25) is 9.48 Å². The van der Waals surface area contributed by atoms with Crippen LogP contribution in [0, 0.1) is 0 Å². The summed E-state index contributed by atoms with van der Waals surface area (Å²) in [6.07, 6.45) is 3.37. The number of fused-ring (bicyclic) bond motifs is 1. The Morgan fingerprint density at radius 3 is 3.16 bits per heavy atom. The Labute approximate surface area is 112 Å². The highest BCUT2D eigenvalue weighted by molar-refractivity contribution is 7.22. The van der Waals surface area contributed by atoms with Crippen molar-refractivity contribution in [1.29, 1.82) is 0 Å². The van der Waals surface area contributed by atoms with E-state index in [0.29, 0.717) is 10.8 Å². The Kier molecular flexibility index (Phi) is 2.88. The number of nitrogens with zero attached hydrogens (tertiary/aromatic N) is 3. The van der Waals surface area contributed by atoms with Crippen molar-refractivity contribution >= 4 is 38.3 Å². The SMILES string of the molecule is Nc1ccc2nc(NC(=O)Cn3cccn3)sc2c1. The van der Waals surface area contributed by atoms with Crippen molar-refractivity contribution in [2.24, 2.45) is 0 Å². The predicted octanol–water partition coefficient (Wildman–Crippen LogP) is 1.71. The number of aromatic nitrogens is 3. The molecule has 0 unspecified atom stereocenters. The van der Waals surface area contributed by atoms with Gasteiger partial charge < -0.3 is 11.1 Å². The van der Waals surface area contributed by atoms with E-state index in [0.717, 1.165) is 10.2 Å². The maximum Gasteiger partial charge on any atom is 0.247 e. The number of benzene rings is 1. The average molecular weight is 273 g/mol. The molecule has 3 rings (SSSR count). The minimum Gasteiger partial charge on any atom is -0.399 e. The lowest BCUT2D eigenvalue weighted by Crippen LogP contribution is -2.18. The fraction of sp³-hybridized carbons (Fsp3) is 0.0833. The molecule has 0 radical (unpaired) electrons. The molecule has 0 aliphatic heterocycles. The van der Waals surface area contributed by atoms with Crippen LogP contribution in [0.25, 0.3) is 10.2 Å². The van der Waals surface area contributed by atoms with Crippen LogP contribution in [-0.2, 0) is 11.3 Å². The van der Waals surface area contributed by atoms with Crippen LogP contribution in [0.5, 0.6) is 0 Å². The van der Waals surface area contributed by atoms with Crippen LogP contribution in [0.2, 0.25) is 0 Å². The number of amides is 1. The zero-order valence-electron chi connectivity index (χ0n) is 9.91. The van der Waals surface area contributed by atoms with E-state index in [4.69, 9.17) is 5.73 Å². The van der Waals surface area contributed by atoms with E-state index in [2.05, 4.69) is 15.4 Å². The lowest BCUT2D eigenvalue weighted by atomic mass is 10.3. The fourth-order valence-electron chi connectivity index (χ4n) is 1.69. The summed E-state index contributed by atoms with van der Waals surface area (Å²) in [6.45, 7) is 0.172. The van der Waals surface area contributed by atoms with Crippen LogP contribution in [0.4, 0.5) is 10.8 Å². The molecule has 2 aromatic heterocycles. The third kappa shape index (κ3) is 2.55. The molecule has 0 saturated heterocycles. The van der Waals surface area contributed by atoms with Gasteiger partial charge in [-0.05, 0) is 24.3 Å². The van der Waals surface area contributed by atoms with Crippen LogP contribution < -0.4 is 11.1 Å². The number of thiazole rings is 1. The lowest BCUT2D eigenvalue weighted by Gasteiger charge is -2.00. The molecular weight excluding hydrogens is 262 g/mol. The summed E-state index contributed by atoms with van der Waals surface area (Å²) < 4.78 is 2.51. The summed E-state index contributed by atoms with van der Waals surface area (Å²) >= 11 is 1.40. The molecule has 96 valence electrons. The van der Waals surface area contributed by atoms with Gasteiger partial charge in [0.2, 0.25) is 5.91 Å². The molecule has 0 aliphatic carbocycles. The van der Waals surface area contributed by atoms with Gasteiger partial charge in [-0.25, -0.2) is 4.98 Å². The number of carbonyl (C=O) groups is 1. The molecule has 0 bridgehead atoms. The first-order valence-corrected chi connectivity index (χ1v) is 6.46. The standard InChI is InChI=1S/C12H11N5OS/c13-8-2-3-9-10(6-8)19-12(15-9)16-11(18)7-17-5-1-4-14-17/h1-6H,7,13H2,(H,15,16,18). The molecule has 19 heavy (non-hydrogen) atoms. The minimum absolute atomic E-state index is 0.157. The Morgan fingerprint density at radius 2 is 2.37 bits per heavy atom. The molecule has 3 N–H and O–H groups in total. The Morgan fingerprint density at radius 1 is 1.47 bits per heavy atom. The number of nitrogens with two attached hydrogens (primary N) is 1. The van der Waals surface area contributed by atoms with Crippen molar-refractivity contribution in [2.45, 2.75) is 6.54 Å². The first kappa shape index (κ1) is 11.7. The highest BCUT2D eigenvalue weighted by Gasteiger charge is 2.08. The van der Waals surface area contributed by atoms with Gasteiger partial charge >= 0.3 is 0 Å². The van der Waals surface area contributed by atoms with Gasteiger partial charge in [-0.15, -0.1) is 0 Å². The second-order valence-electron chi connectivity index (χ2n) is 4.00. The normalized spacial score (nSPS) is 10.7. The molecule has 0 aliphatic rings. The third-order valence-corrected chi connectivity index (χ3v) is 3.46. The van der Waals surface area contributed by atoms with Crippen LogP contribution in [-0.4, -0.2) is 20.7 Å². The number of rotatable bonds is 3. The van der Waals surface area contributed by atoms with E-state index in [1.807, 2.05) is 12.1 Å². The maximum absolute atomic E-state index is 11.8. The molecule has 0 spiro atoms. The summed E-state index contributed by atoms with van der Waals surface area (Å²) in [6, 6.07) is 7.24. The van der Waals surface area contributed by atoms with Crippen LogP contribution in [0.15, 0.2) is 36.7 Å². The summed E-state index contributed by atoms with van der Waals surface area (Å²) in [7, 11) is 0. The highest BCUT2D eigenvalue weighted by atomic mass is 32.1. The van der Waals surface area contributed by atoms with E-state index < -0.39 is 0 Å². The van der Waals surface area contributed by atoms with Gasteiger partial charge in [-0.2, -0.15) is 5.10 Å². The zero-order chi connectivity index (χ0) is 13.2. The van der Waals surface area contributed by atoms with Crippen molar-refractivity contribution in [2.75, 3.05) is 11.1 Å². The van der Waals surface area contributed by atoms with Crippen molar-refractivity contribution in [3.63, 3.8) is 0 Å². The monoisotopic (exact) mass is 273 g/mol. The van der Waals surface area contributed by atoms with Gasteiger partial charge in [0.1, 0.15) is 6.54 Å². The Bertz CT molecular complexity index is 719. The molecule has 2 heterocycles. The van der Waals surface area contributed by atoms with Crippen LogP contribution >= 0.6 is 11.3 Å². The molecule has 7 heteroatoms. The van der Waals surface area contributed by atoms with Crippen molar-refractivity contribution in [1.82, 2.24) is 14.8 Å². The first-order chi connectivity index (χ1) is 9.20. The van der Waals surface area contributed by atoms with E-state index in [1.165, 1.54) is 11.3 Å². The molecule has 0 atom stereocenters. The molecule has 0 saturated carbocycles. The van der Waals surface area contributed by atoms with Gasteiger partial charge in [0, 0.05) is 18.1 Å². The number of carbonyl (C=O) groups excluding carboxylic acids is 1. The first-order valence-electron chi connectivity index (χ1n) is 5.64. The van der Waals surface area contributed by atoms with Crippen LogP contribution in [0.3, 0.4) is 0 Å². The summed E-state index contributed by atoms with van der Waals surface area (Å²) in [4.78, 5) is 16.1. The number of hydrogen-bond acceptors (Lipinski definition) is 5. The average Bonchev–Trinajstić information content (AvgIpc) is 2.97. The van der Waals surface area contributed by atoms with Gasteiger partial charge in [0.05, 0.1) is 10.2 Å². The molecule has 6 nitrogen and oxygen atoms in total. The second kappa shape index (κ2) is 4.69. The summed E-state index contributed by atoms with van der Waals surface area (Å²) in [5, 5.41) is 7.30. The largest absolute Gasteiger partial charge is 0.399 e.